The van der Waals surface area contributed by atoms with E-state index in [-0.39, 0.29) is 0 Å². The minimum absolute atomic E-state index is 0.537. The molecule has 3 nitrogen and oxygen atoms in total. The highest BCUT2D eigenvalue weighted by Crippen LogP contribution is 2.34. The smallest absolute Gasteiger partial charge is 0.154 e. The highest BCUT2D eigenvalue weighted by molar-refractivity contribution is 5.82. The topological polar surface area (TPSA) is 30.7 Å². The van der Waals surface area contributed by atoms with Crippen LogP contribution in [0.4, 0.5) is 0 Å². The van der Waals surface area contributed by atoms with Crippen molar-refractivity contribution in [2.24, 2.45) is 5.92 Å². The number of fused-ring (bicyclic) bond motifs is 2. The van der Waals surface area contributed by atoms with Crippen molar-refractivity contribution in [2.45, 2.75) is 33.6 Å². The van der Waals surface area contributed by atoms with Crippen molar-refractivity contribution in [2.75, 3.05) is 0 Å². The molecule has 0 N–H and O–H groups in total. The molecule has 23 heavy (non-hydrogen) atoms. The molecule has 0 saturated heterocycles. The minimum Gasteiger partial charge on any atom is -0.229 e. The van der Waals surface area contributed by atoms with Crippen molar-refractivity contribution in [3.63, 3.8) is 0 Å². The summed E-state index contributed by atoms with van der Waals surface area (Å²) in [6.07, 6.45) is 2.07. The molecular weight excluding hydrogens is 282 g/mol. The Labute approximate surface area is 136 Å². The lowest BCUT2D eigenvalue weighted by molar-refractivity contribution is 0.629. The molecule has 3 aromatic rings. The number of hydrogen-bond donors (Lipinski definition) is 0. The highest BCUT2D eigenvalue weighted by atomic mass is 15.3. The standard InChI is InChI=1S/C20H21N3/c1-12(2)15-10-17-14(4)22-23(19(17)11-15)20-9-13(3)16-7-5-6-8-18(16)21-20/h5-9,15H,1,10-11H2,2-4H3/t15-/m0/s1. The average molecular weight is 303 g/mol. The fraction of sp³-hybridized carbons (Fsp3) is 0.300. The van der Waals surface area contributed by atoms with Crippen LogP contribution in [0.5, 0.6) is 0 Å². The summed E-state index contributed by atoms with van der Waals surface area (Å²) in [7, 11) is 0. The second-order valence-electron chi connectivity index (χ2n) is 6.69. The predicted octanol–water partition coefficient (Wildman–Crippen LogP) is 4.33. The van der Waals surface area contributed by atoms with Gasteiger partial charge in [-0.05, 0) is 62.8 Å². The Hall–Kier alpha value is -2.42. The molecular formula is C20H21N3. The van der Waals surface area contributed by atoms with Crippen molar-refractivity contribution in [3.05, 3.63) is 65.0 Å². The quantitative estimate of drug-likeness (QED) is 0.660. The largest absolute Gasteiger partial charge is 0.229 e. The zero-order valence-electron chi connectivity index (χ0n) is 13.9. The van der Waals surface area contributed by atoms with E-state index in [1.165, 1.54) is 27.8 Å². The van der Waals surface area contributed by atoms with Crippen molar-refractivity contribution >= 4 is 10.9 Å². The van der Waals surface area contributed by atoms with Crippen molar-refractivity contribution in [1.82, 2.24) is 14.8 Å². The Kier molecular flexibility index (Phi) is 3.12. The van der Waals surface area contributed by atoms with Gasteiger partial charge >= 0.3 is 0 Å². The average Bonchev–Trinajstić information content (AvgIpc) is 3.08. The fourth-order valence-electron chi connectivity index (χ4n) is 3.61. The monoisotopic (exact) mass is 303 g/mol. The highest BCUT2D eigenvalue weighted by Gasteiger charge is 2.29. The summed E-state index contributed by atoms with van der Waals surface area (Å²) in [6.45, 7) is 10.5. The van der Waals surface area contributed by atoms with Gasteiger partial charge in [-0.25, -0.2) is 9.67 Å². The number of benzene rings is 1. The van der Waals surface area contributed by atoms with E-state index in [9.17, 15) is 0 Å². The van der Waals surface area contributed by atoms with Gasteiger partial charge in [0, 0.05) is 5.39 Å². The minimum atomic E-state index is 0.537. The van der Waals surface area contributed by atoms with E-state index in [0.717, 1.165) is 29.9 Å². The number of allylic oxidation sites excluding steroid dienone is 1. The van der Waals surface area contributed by atoms with E-state index in [1.54, 1.807) is 0 Å². The zero-order chi connectivity index (χ0) is 16.1. The number of pyridine rings is 1. The molecule has 0 amide bonds. The van der Waals surface area contributed by atoms with Crippen LogP contribution in [-0.4, -0.2) is 14.8 Å². The molecule has 0 unspecified atom stereocenters. The Morgan fingerprint density at radius 1 is 1.22 bits per heavy atom. The number of para-hydroxylation sites is 1. The predicted molar refractivity (Wildman–Crippen MR) is 94.1 cm³/mol. The first-order valence-electron chi connectivity index (χ1n) is 8.14. The summed E-state index contributed by atoms with van der Waals surface area (Å²) in [5.74, 6) is 1.46. The number of aromatic nitrogens is 3. The van der Waals surface area contributed by atoms with Crippen LogP contribution in [0.25, 0.3) is 16.7 Å². The van der Waals surface area contributed by atoms with Gasteiger partial charge in [0.05, 0.1) is 16.9 Å². The SMILES string of the molecule is C=C(C)[C@H]1Cc2c(C)nn(-c3cc(C)c4ccccc4n3)c2C1. The third-order valence-corrected chi connectivity index (χ3v) is 5.00. The fourth-order valence-corrected chi connectivity index (χ4v) is 3.61. The van der Waals surface area contributed by atoms with Crippen LogP contribution >= 0.6 is 0 Å². The summed E-state index contributed by atoms with van der Waals surface area (Å²) >= 11 is 0. The first-order valence-corrected chi connectivity index (χ1v) is 8.14. The van der Waals surface area contributed by atoms with Crippen LogP contribution in [-0.2, 0) is 12.8 Å². The normalized spacial score (nSPS) is 16.7. The molecule has 4 rings (SSSR count). The third kappa shape index (κ3) is 2.19. The second kappa shape index (κ2) is 5.05. The molecule has 1 aliphatic carbocycles. The summed E-state index contributed by atoms with van der Waals surface area (Å²) in [5, 5.41) is 5.97. The molecule has 0 spiro atoms. The maximum Gasteiger partial charge on any atom is 0.154 e. The zero-order valence-corrected chi connectivity index (χ0v) is 13.9. The van der Waals surface area contributed by atoms with E-state index < -0.39 is 0 Å². The van der Waals surface area contributed by atoms with Crippen LogP contribution in [0.2, 0.25) is 0 Å². The first-order chi connectivity index (χ1) is 11.0. The van der Waals surface area contributed by atoms with Gasteiger partial charge in [-0.2, -0.15) is 5.10 Å². The number of nitrogens with zero attached hydrogens (tertiary/aromatic N) is 3. The lowest BCUT2D eigenvalue weighted by Gasteiger charge is -2.11. The van der Waals surface area contributed by atoms with Gasteiger partial charge in [-0.15, -0.1) is 0 Å². The van der Waals surface area contributed by atoms with E-state index in [1.807, 2.05) is 10.7 Å². The van der Waals surface area contributed by atoms with E-state index in [0.29, 0.717) is 5.92 Å². The molecule has 0 bridgehead atoms. The molecule has 3 heteroatoms. The number of rotatable bonds is 2. The van der Waals surface area contributed by atoms with Crippen LogP contribution in [0.1, 0.15) is 29.4 Å². The van der Waals surface area contributed by atoms with Gasteiger partial charge < -0.3 is 0 Å². The Morgan fingerprint density at radius 2 is 2.00 bits per heavy atom. The Morgan fingerprint density at radius 3 is 2.78 bits per heavy atom. The van der Waals surface area contributed by atoms with Gasteiger partial charge in [0.15, 0.2) is 5.82 Å². The van der Waals surface area contributed by atoms with Crippen LogP contribution in [0, 0.1) is 19.8 Å². The second-order valence-corrected chi connectivity index (χ2v) is 6.69. The van der Waals surface area contributed by atoms with Crippen LogP contribution in [0.3, 0.4) is 0 Å². The third-order valence-electron chi connectivity index (χ3n) is 5.00. The lowest BCUT2D eigenvalue weighted by Crippen LogP contribution is -2.08. The summed E-state index contributed by atoms with van der Waals surface area (Å²) in [5.41, 5.74) is 7.33. The summed E-state index contributed by atoms with van der Waals surface area (Å²) in [4.78, 5) is 4.85. The Bertz CT molecular complexity index is 933. The molecule has 2 aromatic heterocycles. The molecule has 0 aliphatic heterocycles. The molecule has 1 aromatic carbocycles. The van der Waals surface area contributed by atoms with Gasteiger partial charge in [0.1, 0.15) is 0 Å². The molecule has 1 aliphatic rings. The lowest BCUT2D eigenvalue weighted by atomic mass is 9.99. The first kappa shape index (κ1) is 14.2. The molecule has 0 saturated carbocycles. The maximum absolute atomic E-state index is 4.85. The number of aryl methyl sites for hydroxylation is 2. The molecule has 0 fully saturated rings. The van der Waals surface area contributed by atoms with Gasteiger partial charge in [0.2, 0.25) is 0 Å². The van der Waals surface area contributed by atoms with E-state index in [4.69, 9.17) is 10.1 Å². The molecule has 2 heterocycles. The van der Waals surface area contributed by atoms with E-state index in [2.05, 4.69) is 51.6 Å². The van der Waals surface area contributed by atoms with Gasteiger partial charge in [-0.3, -0.25) is 0 Å². The molecule has 116 valence electrons. The van der Waals surface area contributed by atoms with Crippen molar-refractivity contribution in [3.8, 4) is 5.82 Å². The summed E-state index contributed by atoms with van der Waals surface area (Å²) < 4.78 is 2.05. The maximum atomic E-state index is 4.85. The summed E-state index contributed by atoms with van der Waals surface area (Å²) in [6, 6.07) is 10.4. The molecule has 1 atom stereocenters. The van der Waals surface area contributed by atoms with Gasteiger partial charge in [0.25, 0.3) is 0 Å². The van der Waals surface area contributed by atoms with Crippen LogP contribution in [0.15, 0.2) is 42.5 Å². The van der Waals surface area contributed by atoms with E-state index >= 15 is 0 Å². The van der Waals surface area contributed by atoms with Crippen molar-refractivity contribution < 1.29 is 0 Å². The van der Waals surface area contributed by atoms with Crippen LogP contribution < -0.4 is 0 Å². The Balaban J connectivity index is 1.87. The van der Waals surface area contributed by atoms with Gasteiger partial charge in [-0.1, -0.05) is 30.4 Å². The molecule has 0 radical (unpaired) electrons. The number of hydrogen-bond acceptors (Lipinski definition) is 2. The van der Waals surface area contributed by atoms with Crippen molar-refractivity contribution in [1.29, 1.82) is 0 Å².